The van der Waals surface area contributed by atoms with Gasteiger partial charge in [-0.15, -0.1) is 5.10 Å². The van der Waals surface area contributed by atoms with E-state index in [9.17, 15) is 18.0 Å². The summed E-state index contributed by atoms with van der Waals surface area (Å²) in [7, 11) is 0. The Morgan fingerprint density at radius 2 is 1.84 bits per heavy atom. The molecule has 1 N–H and O–H groups in total. The lowest BCUT2D eigenvalue weighted by Gasteiger charge is -2.06. The van der Waals surface area contributed by atoms with Crippen molar-refractivity contribution in [1.29, 1.82) is 0 Å². The van der Waals surface area contributed by atoms with Crippen LogP contribution in [-0.4, -0.2) is 16.1 Å². The average Bonchev–Trinajstić information content (AvgIpc) is 2.74. The number of anilines is 1. The molecule has 0 aliphatic rings. The molecule has 0 fully saturated rings. The van der Waals surface area contributed by atoms with E-state index in [4.69, 9.17) is 4.42 Å². The summed E-state index contributed by atoms with van der Waals surface area (Å²) in [6.07, 6.45) is -4.43. The Hall–Kier alpha value is -2.38. The van der Waals surface area contributed by atoms with E-state index in [1.807, 2.05) is 0 Å². The number of aryl methyl sites for hydroxylation is 1. The topological polar surface area (TPSA) is 68.0 Å². The molecule has 0 unspecified atom stereocenters. The normalized spacial score (nSPS) is 11.4. The van der Waals surface area contributed by atoms with Crippen LogP contribution in [0, 0.1) is 6.92 Å². The Labute approximate surface area is 105 Å². The number of carbonyl (C=O) groups is 1. The molecule has 1 aromatic heterocycles. The Kier molecular flexibility index (Phi) is 3.24. The summed E-state index contributed by atoms with van der Waals surface area (Å²) in [5, 5.41) is 9.32. The van der Waals surface area contributed by atoms with Crippen LogP contribution in [0.3, 0.4) is 0 Å². The lowest BCUT2D eigenvalue weighted by molar-refractivity contribution is -0.137. The minimum atomic E-state index is -4.43. The smallest absolute Gasteiger partial charge is 0.408 e. The summed E-state index contributed by atoms with van der Waals surface area (Å²) < 4.78 is 41.9. The summed E-state index contributed by atoms with van der Waals surface area (Å²) in [6, 6.07) is 3.69. The van der Waals surface area contributed by atoms with Crippen molar-refractivity contribution in [2.24, 2.45) is 0 Å². The summed E-state index contributed by atoms with van der Waals surface area (Å²) in [5.74, 6) is -0.361. The zero-order chi connectivity index (χ0) is 14.0. The van der Waals surface area contributed by atoms with Gasteiger partial charge in [0.15, 0.2) is 0 Å². The van der Waals surface area contributed by atoms with Gasteiger partial charge < -0.3 is 4.42 Å². The molecular weight excluding hydrogens is 263 g/mol. The molecule has 1 amide bonds. The predicted octanol–water partition coefficient (Wildman–Crippen LogP) is 2.65. The highest BCUT2D eigenvalue weighted by atomic mass is 19.4. The van der Waals surface area contributed by atoms with E-state index >= 15 is 0 Å². The molecule has 2 aromatic rings. The zero-order valence-corrected chi connectivity index (χ0v) is 9.65. The van der Waals surface area contributed by atoms with Crippen molar-refractivity contribution in [2.75, 3.05) is 5.32 Å². The number of carbonyl (C=O) groups excluding carboxylic acids is 1. The highest BCUT2D eigenvalue weighted by Crippen LogP contribution is 2.29. The van der Waals surface area contributed by atoms with E-state index in [0.717, 1.165) is 24.3 Å². The third-order valence-corrected chi connectivity index (χ3v) is 2.22. The summed E-state index contributed by atoms with van der Waals surface area (Å²) >= 11 is 0. The van der Waals surface area contributed by atoms with Crippen molar-refractivity contribution >= 4 is 11.9 Å². The molecule has 0 saturated heterocycles. The van der Waals surface area contributed by atoms with E-state index in [2.05, 4.69) is 15.5 Å². The monoisotopic (exact) mass is 271 g/mol. The first kappa shape index (κ1) is 13.1. The molecule has 0 spiro atoms. The molecule has 1 heterocycles. The number of nitrogens with zero attached hydrogens (tertiary/aromatic N) is 2. The molecule has 0 atom stereocenters. The number of hydrogen-bond donors (Lipinski definition) is 1. The van der Waals surface area contributed by atoms with Crippen LogP contribution in [0.4, 0.5) is 19.2 Å². The number of halogens is 3. The molecule has 1 aromatic carbocycles. The largest absolute Gasteiger partial charge is 0.416 e. The van der Waals surface area contributed by atoms with E-state index in [1.165, 1.54) is 0 Å². The van der Waals surface area contributed by atoms with Gasteiger partial charge in [-0.2, -0.15) is 13.2 Å². The van der Waals surface area contributed by atoms with Crippen LogP contribution in [0.15, 0.2) is 28.7 Å². The number of alkyl halides is 3. The Bertz CT molecular complexity index is 590. The molecular formula is C11H8F3N3O2. The van der Waals surface area contributed by atoms with Crippen LogP contribution in [0.2, 0.25) is 0 Å². The maximum absolute atomic E-state index is 12.3. The molecule has 2 rings (SSSR count). The fourth-order valence-electron chi connectivity index (χ4n) is 1.33. The molecule has 0 aliphatic heterocycles. The summed E-state index contributed by atoms with van der Waals surface area (Å²) in [6.45, 7) is 1.54. The quantitative estimate of drug-likeness (QED) is 0.911. The van der Waals surface area contributed by atoms with Gasteiger partial charge in [-0.1, -0.05) is 5.10 Å². The number of amides is 1. The van der Waals surface area contributed by atoms with Gasteiger partial charge in [0.05, 0.1) is 5.56 Å². The standard InChI is InChI=1S/C11H8F3N3O2/c1-6-16-17-10(19-6)15-9(18)7-2-4-8(5-3-7)11(12,13)14/h2-5H,1H3,(H,15,17,18). The Morgan fingerprint density at radius 1 is 1.21 bits per heavy atom. The number of aromatic nitrogens is 2. The lowest BCUT2D eigenvalue weighted by atomic mass is 10.1. The van der Waals surface area contributed by atoms with Crippen molar-refractivity contribution < 1.29 is 22.4 Å². The Morgan fingerprint density at radius 3 is 2.32 bits per heavy atom. The van der Waals surface area contributed by atoms with Gasteiger partial charge in [-0.05, 0) is 24.3 Å². The number of rotatable bonds is 2. The van der Waals surface area contributed by atoms with Crippen LogP contribution >= 0.6 is 0 Å². The minimum absolute atomic E-state index is 0.0591. The third kappa shape index (κ3) is 3.09. The van der Waals surface area contributed by atoms with Crippen LogP contribution in [0.1, 0.15) is 21.8 Å². The van der Waals surface area contributed by atoms with Crippen molar-refractivity contribution in [2.45, 2.75) is 13.1 Å². The Balaban J connectivity index is 2.12. The summed E-state index contributed by atoms with van der Waals surface area (Å²) in [4.78, 5) is 11.7. The van der Waals surface area contributed by atoms with Gasteiger partial charge in [-0.3, -0.25) is 10.1 Å². The molecule has 0 saturated carbocycles. The first-order chi connectivity index (χ1) is 8.86. The highest BCUT2D eigenvalue weighted by molar-refractivity contribution is 6.03. The fraction of sp³-hybridized carbons (Fsp3) is 0.182. The first-order valence-corrected chi connectivity index (χ1v) is 5.15. The van der Waals surface area contributed by atoms with Gasteiger partial charge in [0.25, 0.3) is 5.91 Å². The number of benzene rings is 1. The van der Waals surface area contributed by atoms with Gasteiger partial charge in [0.2, 0.25) is 5.89 Å². The van der Waals surface area contributed by atoms with E-state index < -0.39 is 17.6 Å². The maximum atomic E-state index is 12.3. The second kappa shape index (κ2) is 4.71. The molecule has 5 nitrogen and oxygen atoms in total. The summed E-state index contributed by atoms with van der Waals surface area (Å²) in [5.41, 5.74) is -0.762. The van der Waals surface area contributed by atoms with E-state index in [0.29, 0.717) is 0 Å². The highest BCUT2D eigenvalue weighted by Gasteiger charge is 2.30. The molecule has 8 heteroatoms. The van der Waals surface area contributed by atoms with Gasteiger partial charge in [0.1, 0.15) is 0 Å². The SMILES string of the molecule is Cc1nnc(NC(=O)c2ccc(C(F)(F)F)cc2)o1. The van der Waals surface area contributed by atoms with Gasteiger partial charge >= 0.3 is 12.2 Å². The van der Waals surface area contributed by atoms with Crippen LogP contribution in [0.5, 0.6) is 0 Å². The van der Waals surface area contributed by atoms with E-state index in [1.54, 1.807) is 6.92 Å². The fourth-order valence-corrected chi connectivity index (χ4v) is 1.33. The predicted molar refractivity (Wildman–Crippen MR) is 58.4 cm³/mol. The molecule has 0 radical (unpaired) electrons. The van der Waals surface area contributed by atoms with Crippen LogP contribution in [0.25, 0.3) is 0 Å². The van der Waals surface area contributed by atoms with E-state index in [-0.39, 0.29) is 17.5 Å². The maximum Gasteiger partial charge on any atom is 0.416 e. The molecule has 19 heavy (non-hydrogen) atoms. The van der Waals surface area contributed by atoms with Crippen molar-refractivity contribution in [3.63, 3.8) is 0 Å². The zero-order valence-electron chi connectivity index (χ0n) is 9.65. The van der Waals surface area contributed by atoms with Crippen LogP contribution in [-0.2, 0) is 6.18 Å². The van der Waals surface area contributed by atoms with Crippen molar-refractivity contribution in [1.82, 2.24) is 10.2 Å². The first-order valence-electron chi connectivity index (χ1n) is 5.15. The number of hydrogen-bond acceptors (Lipinski definition) is 4. The average molecular weight is 271 g/mol. The van der Waals surface area contributed by atoms with Crippen LogP contribution < -0.4 is 5.32 Å². The molecule has 0 bridgehead atoms. The number of nitrogens with one attached hydrogen (secondary N) is 1. The second-order valence-electron chi connectivity index (χ2n) is 3.66. The minimum Gasteiger partial charge on any atom is -0.408 e. The second-order valence-corrected chi connectivity index (χ2v) is 3.66. The van der Waals surface area contributed by atoms with Gasteiger partial charge in [-0.25, -0.2) is 0 Å². The lowest BCUT2D eigenvalue weighted by Crippen LogP contribution is -2.13. The van der Waals surface area contributed by atoms with Gasteiger partial charge in [0, 0.05) is 12.5 Å². The molecule has 0 aliphatic carbocycles. The third-order valence-electron chi connectivity index (χ3n) is 2.22. The van der Waals surface area contributed by atoms with Crippen molar-refractivity contribution in [3.05, 3.63) is 41.3 Å². The molecule has 100 valence electrons. The van der Waals surface area contributed by atoms with Crippen molar-refractivity contribution in [3.8, 4) is 0 Å².